The fourth-order valence-electron chi connectivity index (χ4n) is 2.51. The summed E-state index contributed by atoms with van der Waals surface area (Å²) in [6.07, 6.45) is 1.79. The molecule has 1 aromatic carbocycles. The van der Waals surface area contributed by atoms with Crippen molar-refractivity contribution in [3.63, 3.8) is 0 Å². The van der Waals surface area contributed by atoms with E-state index in [-0.39, 0.29) is 0 Å². The van der Waals surface area contributed by atoms with Crippen molar-refractivity contribution >= 4 is 33.4 Å². The maximum atomic E-state index is 5.29. The standard InChI is InChI=1S/C15H14N6O/c1-8-5-13(20-19-8)18-15-14-11(7-16-21-14)10-6-9(22-2)3-4-12(10)17-15/h3-7H,1-2H3,(H,16,21)(H2,17,18,19,20). The number of aromatic nitrogens is 5. The molecule has 7 nitrogen and oxygen atoms in total. The van der Waals surface area contributed by atoms with E-state index in [1.807, 2.05) is 31.2 Å². The highest BCUT2D eigenvalue weighted by atomic mass is 16.5. The molecule has 0 amide bonds. The van der Waals surface area contributed by atoms with E-state index in [9.17, 15) is 0 Å². The van der Waals surface area contributed by atoms with Gasteiger partial charge in [-0.15, -0.1) is 0 Å². The molecule has 0 unspecified atom stereocenters. The summed E-state index contributed by atoms with van der Waals surface area (Å²) in [6, 6.07) is 7.71. The number of ether oxygens (including phenoxy) is 1. The molecule has 22 heavy (non-hydrogen) atoms. The predicted molar refractivity (Wildman–Crippen MR) is 84.6 cm³/mol. The average Bonchev–Trinajstić information content (AvgIpc) is 3.16. The molecular weight excluding hydrogens is 280 g/mol. The number of methoxy groups -OCH3 is 1. The molecule has 3 aromatic heterocycles. The van der Waals surface area contributed by atoms with Crippen LogP contribution in [0.5, 0.6) is 5.75 Å². The Morgan fingerprint density at radius 2 is 2.05 bits per heavy atom. The summed E-state index contributed by atoms with van der Waals surface area (Å²) in [4.78, 5) is 4.67. The molecule has 7 heteroatoms. The van der Waals surface area contributed by atoms with Gasteiger partial charge in [-0.3, -0.25) is 10.2 Å². The second-order valence-corrected chi connectivity index (χ2v) is 5.05. The number of aryl methyl sites for hydroxylation is 1. The Kier molecular flexibility index (Phi) is 2.72. The van der Waals surface area contributed by atoms with Crippen LogP contribution >= 0.6 is 0 Å². The molecule has 0 bridgehead atoms. The molecule has 0 aliphatic carbocycles. The zero-order valence-corrected chi connectivity index (χ0v) is 12.1. The van der Waals surface area contributed by atoms with Crippen molar-refractivity contribution in [3.05, 3.63) is 36.2 Å². The lowest BCUT2D eigenvalue weighted by molar-refractivity contribution is 0.415. The smallest absolute Gasteiger partial charge is 0.158 e. The molecule has 110 valence electrons. The molecule has 0 fully saturated rings. The summed E-state index contributed by atoms with van der Waals surface area (Å²) in [5.74, 6) is 2.28. The summed E-state index contributed by atoms with van der Waals surface area (Å²) < 4.78 is 5.29. The van der Waals surface area contributed by atoms with Crippen LogP contribution in [0, 0.1) is 6.92 Å². The zero-order valence-electron chi connectivity index (χ0n) is 12.1. The molecule has 3 N–H and O–H groups in total. The summed E-state index contributed by atoms with van der Waals surface area (Å²) >= 11 is 0. The zero-order chi connectivity index (χ0) is 15.1. The number of anilines is 2. The van der Waals surface area contributed by atoms with Gasteiger partial charge in [0.15, 0.2) is 5.82 Å². The molecule has 0 atom stereocenters. The number of aromatic amines is 2. The lowest BCUT2D eigenvalue weighted by atomic mass is 10.1. The number of benzene rings is 1. The first-order valence-corrected chi connectivity index (χ1v) is 6.84. The minimum Gasteiger partial charge on any atom is -0.497 e. The molecule has 0 saturated heterocycles. The number of pyridine rings is 1. The van der Waals surface area contributed by atoms with Crippen LogP contribution < -0.4 is 10.1 Å². The first kappa shape index (κ1) is 12.6. The number of rotatable bonds is 3. The number of H-pyrrole nitrogens is 2. The van der Waals surface area contributed by atoms with Crippen LogP contribution in [-0.2, 0) is 0 Å². The van der Waals surface area contributed by atoms with E-state index in [1.165, 1.54) is 0 Å². The molecular formula is C15H14N6O. The SMILES string of the molecule is COc1ccc2nc(Nc3cc(C)n[nH]3)c3[nH]ncc3c2c1. The lowest BCUT2D eigenvalue weighted by Crippen LogP contribution is -1.96. The number of hydrogen-bond donors (Lipinski definition) is 3. The van der Waals surface area contributed by atoms with Crippen molar-refractivity contribution in [2.75, 3.05) is 12.4 Å². The Bertz CT molecular complexity index is 971. The molecule has 0 aliphatic heterocycles. The molecule has 0 radical (unpaired) electrons. The summed E-state index contributed by atoms with van der Waals surface area (Å²) in [6.45, 7) is 1.92. The minimum absolute atomic E-state index is 0.703. The normalized spacial score (nSPS) is 11.2. The highest BCUT2D eigenvalue weighted by Crippen LogP contribution is 2.31. The van der Waals surface area contributed by atoms with Crippen LogP contribution in [0.4, 0.5) is 11.6 Å². The summed E-state index contributed by atoms with van der Waals surface area (Å²) in [5, 5.41) is 19.4. The topological polar surface area (TPSA) is 91.5 Å². The molecule has 4 aromatic rings. The Hall–Kier alpha value is -3.09. The van der Waals surface area contributed by atoms with Crippen molar-refractivity contribution in [2.45, 2.75) is 6.92 Å². The molecule has 3 heterocycles. The second kappa shape index (κ2) is 4.73. The van der Waals surface area contributed by atoms with Gasteiger partial charge in [0.25, 0.3) is 0 Å². The van der Waals surface area contributed by atoms with E-state index in [4.69, 9.17) is 4.74 Å². The Morgan fingerprint density at radius 1 is 1.14 bits per heavy atom. The number of hydrogen-bond acceptors (Lipinski definition) is 5. The second-order valence-electron chi connectivity index (χ2n) is 5.05. The molecule has 4 rings (SSSR count). The maximum absolute atomic E-state index is 5.29. The van der Waals surface area contributed by atoms with Gasteiger partial charge in [-0.1, -0.05) is 0 Å². The van der Waals surface area contributed by atoms with Gasteiger partial charge in [-0.25, -0.2) is 4.98 Å². The highest BCUT2D eigenvalue weighted by molar-refractivity contribution is 6.09. The predicted octanol–water partition coefficient (Wildman–Crippen LogP) is 2.89. The molecule has 0 saturated carbocycles. The first-order valence-electron chi connectivity index (χ1n) is 6.84. The van der Waals surface area contributed by atoms with E-state index < -0.39 is 0 Å². The van der Waals surface area contributed by atoms with Crippen LogP contribution in [0.15, 0.2) is 30.5 Å². The number of nitrogens with zero attached hydrogens (tertiary/aromatic N) is 3. The van der Waals surface area contributed by atoms with Crippen LogP contribution in [0.2, 0.25) is 0 Å². The van der Waals surface area contributed by atoms with E-state index in [1.54, 1.807) is 13.3 Å². The van der Waals surface area contributed by atoms with E-state index in [0.717, 1.165) is 39.1 Å². The molecule has 0 aliphatic rings. The van der Waals surface area contributed by atoms with Gasteiger partial charge >= 0.3 is 0 Å². The van der Waals surface area contributed by atoms with Gasteiger partial charge < -0.3 is 10.1 Å². The third-order valence-electron chi connectivity index (χ3n) is 3.56. The quantitative estimate of drug-likeness (QED) is 0.540. The highest BCUT2D eigenvalue weighted by Gasteiger charge is 2.12. The number of nitrogens with one attached hydrogen (secondary N) is 3. The third kappa shape index (κ3) is 1.95. The first-order chi connectivity index (χ1) is 10.7. The van der Waals surface area contributed by atoms with Gasteiger partial charge in [-0.05, 0) is 25.1 Å². The van der Waals surface area contributed by atoms with Gasteiger partial charge in [0, 0.05) is 16.8 Å². The lowest BCUT2D eigenvalue weighted by Gasteiger charge is -2.08. The van der Waals surface area contributed by atoms with Crippen LogP contribution in [0.3, 0.4) is 0 Å². The summed E-state index contributed by atoms with van der Waals surface area (Å²) in [7, 11) is 1.65. The van der Waals surface area contributed by atoms with Gasteiger partial charge in [0.1, 0.15) is 17.1 Å². The van der Waals surface area contributed by atoms with E-state index in [0.29, 0.717) is 5.82 Å². The van der Waals surface area contributed by atoms with Crippen molar-refractivity contribution in [2.24, 2.45) is 0 Å². The van der Waals surface area contributed by atoms with E-state index >= 15 is 0 Å². The molecule has 0 spiro atoms. The van der Waals surface area contributed by atoms with E-state index in [2.05, 4.69) is 30.7 Å². The Morgan fingerprint density at radius 3 is 2.82 bits per heavy atom. The largest absolute Gasteiger partial charge is 0.497 e. The van der Waals surface area contributed by atoms with Gasteiger partial charge in [0.05, 0.1) is 24.5 Å². The Balaban J connectivity index is 1.92. The van der Waals surface area contributed by atoms with Crippen molar-refractivity contribution in [3.8, 4) is 5.75 Å². The fraction of sp³-hybridized carbons (Fsp3) is 0.133. The third-order valence-corrected chi connectivity index (χ3v) is 3.56. The van der Waals surface area contributed by atoms with Crippen molar-refractivity contribution in [1.82, 2.24) is 25.4 Å². The average molecular weight is 294 g/mol. The fourth-order valence-corrected chi connectivity index (χ4v) is 2.51. The van der Waals surface area contributed by atoms with Gasteiger partial charge in [-0.2, -0.15) is 10.2 Å². The van der Waals surface area contributed by atoms with Crippen molar-refractivity contribution in [1.29, 1.82) is 0 Å². The van der Waals surface area contributed by atoms with Crippen molar-refractivity contribution < 1.29 is 4.74 Å². The maximum Gasteiger partial charge on any atom is 0.158 e. The van der Waals surface area contributed by atoms with Gasteiger partial charge in [0.2, 0.25) is 0 Å². The Labute approximate surface area is 125 Å². The minimum atomic E-state index is 0.703. The monoisotopic (exact) mass is 294 g/mol. The number of fused-ring (bicyclic) bond motifs is 3. The van der Waals surface area contributed by atoms with Crippen LogP contribution in [-0.4, -0.2) is 32.5 Å². The summed E-state index contributed by atoms with van der Waals surface area (Å²) in [5.41, 5.74) is 2.62. The van der Waals surface area contributed by atoms with Crippen LogP contribution in [0.1, 0.15) is 5.69 Å². The van der Waals surface area contributed by atoms with Crippen LogP contribution in [0.25, 0.3) is 21.8 Å².